The molecule has 210 valence electrons. The highest BCUT2D eigenvalue weighted by Gasteiger charge is 2.36. The fourth-order valence-corrected chi connectivity index (χ4v) is 4.25. The van der Waals surface area contributed by atoms with Gasteiger partial charge in [0, 0.05) is 13.1 Å². The first-order chi connectivity index (χ1) is 17.4. The van der Waals surface area contributed by atoms with E-state index in [1.165, 1.54) is 0 Å². The predicted octanol–water partition coefficient (Wildman–Crippen LogP) is 6.30. The third-order valence-electron chi connectivity index (χ3n) is 6.10. The number of amides is 3. The molecule has 7 heteroatoms. The van der Waals surface area contributed by atoms with Gasteiger partial charge in [-0.2, -0.15) is 0 Å². The topological polar surface area (TPSA) is 87.7 Å². The largest absolute Gasteiger partial charge is 0.444 e. The fraction of sp³-hybridized carbons (Fsp3) is 0.700. The Kier molecular flexibility index (Phi) is 14.3. The molecule has 3 amide bonds. The molecule has 0 spiro atoms. The highest BCUT2D eigenvalue weighted by molar-refractivity contribution is 5.92. The molecule has 1 rings (SSSR count). The number of carbonyl (C=O) groups is 3. The first kappa shape index (κ1) is 32.5. The van der Waals surface area contributed by atoms with Crippen LogP contribution in [0.1, 0.15) is 111 Å². The van der Waals surface area contributed by atoms with E-state index in [9.17, 15) is 14.4 Å². The Labute approximate surface area is 225 Å². The molecule has 37 heavy (non-hydrogen) atoms. The number of ether oxygens (including phenoxy) is 1. The first-order valence-electron chi connectivity index (χ1n) is 14.0. The van der Waals surface area contributed by atoms with Crippen LogP contribution in [0.3, 0.4) is 0 Å². The zero-order valence-corrected chi connectivity index (χ0v) is 24.5. The molecule has 0 aliphatic rings. The van der Waals surface area contributed by atoms with Gasteiger partial charge in [-0.1, -0.05) is 77.6 Å². The van der Waals surface area contributed by atoms with Crippen molar-refractivity contribution >= 4 is 17.9 Å². The zero-order valence-electron chi connectivity index (χ0n) is 24.5. The van der Waals surface area contributed by atoms with E-state index in [4.69, 9.17) is 4.74 Å². The molecule has 0 aliphatic heterocycles. The van der Waals surface area contributed by atoms with Crippen molar-refractivity contribution in [2.75, 3.05) is 13.1 Å². The summed E-state index contributed by atoms with van der Waals surface area (Å²) < 4.78 is 5.47. The summed E-state index contributed by atoms with van der Waals surface area (Å²) in [5.41, 5.74) is 1.07. The monoisotopic (exact) mass is 517 g/mol. The number of alkyl carbamates (subject to hydrolysis) is 1. The number of benzene rings is 1. The predicted molar refractivity (Wildman–Crippen MR) is 150 cm³/mol. The van der Waals surface area contributed by atoms with Crippen LogP contribution in [0.25, 0.3) is 0 Å². The van der Waals surface area contributed by atoms with Gasteiger partial charge >= 0.3 is 6.09 Å². The van der Waals surface area contributed by atoms with Gasteiger partial charge in [0.05, 0.1) is 0 Å². The number of aryl methyl sites for hydroxylation is 1. The normalized spacial score (nSPS) is 13.1. The smallest absolute Gasteiger partial charge is 0.408 e. The lowest BCUT2D eigenvalue weighted by Gasteiger charge is -2.35. The van der Waals surface area contributed by atoms with Gasteiger partial charge in [-0.25, -0.2) is 4.79 Å². The average molecular weight is 518 g/mol. The second kappa shape index (κ2) is 16.3. The highest BCUT2D eigenvalue weighted by atomic mass is 16.6. The maximum absolute atomic E-state index is 14.2. The van der Waals surface area contributed by atoms with E-state index < -0.39 is 23.8 Å². The van der Waals surface area contributed by atoms with E-state index in [0.29, 0.717) is 19.5 Å². The standard InChI is InChI=1S/C30H51N3O4/c1-9-11-13-16-20-33(28(35)25(21-22(3)4)32-29(36)37-30(6,7)8)26(27(34)31-19-12-10-2)24-18-15-14-17-23(24)5/h14-15,17-18,22,25-26H,9-13,16,19-21H2,1-8H3,(H,31,34)(H,32,36). The van der Waals surface area contributed by atoms with Gasteiger partial charge in [-0.3, -0.25) is 9.59 Å². The molecule has 0 saturated carbocycles. The number of carbonyl (C=O) groups excluding carboxylic acids is 3. The van der Waals surface area contributed by atoms with E-state index in [0.717, 1.165) is 49.7 Å². The number of nitrogens with one attached hydrogen (secondary N) is 2. The number of nitrogens with zero attached hydrogens (tertiary/aromatic N) is 1. The quantitative estimate of drug-likeness (QED) is 0.267. The molecule has 0 aromatic heterocycles. The minimum atomic E-state index is -0.795. The minimum absolute atomic E-state index is 0.154. The molecule has 0 aliphatic carbocycles. The third kappa shape index (κ3) is 12.0. The Morgan fingerprint density at radius 3 is 2.19 bits per heavy atom. The summed E-state index contributed by atoms with van der Waals surface area (Å²) in [5, 5.41) is 5.87. The summed E-state index contributed by atoms with van der Waals surface area (Å²) in [7, 11) is 0. The second-order valence-corrected chi connectivity index (χ2v) is 11.3. The van der Waals surface area contributed by atoms with E-state index >= 15 is 0 Å². The van der Waals surface area contributed by atoms with Crippen molar-refractivity contribution in [3.05, 3.63) is 35.4 Å². The Hall–Kier alpha value is -2.57. The number of rotatable bonds is 15. The van der Waals surface area contributed by atoms with Gasteiger partial charge in [-0.05, 0) is 64.0 Å². The van der Waals surface area contributed by atoms with Crippen LogP contribution in [0.15, 0.2) is 24.3 Å². The van der Waals surface area contributed by atoms with Gasteiger partial charge in [0.2, 0.25) is 11.8 Å². The van der Waals surface area contributed by atoms with Crippen LogP contribution >= 0.6 is 0 Å². The van der Waals surface area contributed by atoms with Crippen molar-refractivity contribution in [3.8, 4) is 0 Å². The maximum atomic E-state index is 14.2. The van der Waals surface area contributed by atoms with Gasteiger partial charge in [0.15, 0.2) is 0 Å². The molecule has 2 atom stereocenters. The van der Waals surface area contributed by atoms with Gasteiger partial charge in [-0.15, -0.1) is 0 Å². The minimum Gasteiger partial charge on any atom is -0.444 e. The van der Waals surface area contributed by atoms with Gasteiger partial charge in [0.25, 0.3) is 0 Å². The van der Waals surface area contributed by atoms with Crippen LogP contribution in [-0.4, -0.2) is 47.5 Å². The van der Waals surface area contributed by atoms with Crippen LogP contribution < -0.4 is 10.6 Å². The summed E-state index contributed by atoms with van der Waals surface area (Å²) in [6.07, 6.45) is 5.53. The summed E-state index contributed by atoms with van der Waals surface area (Å²) >= 11 is 0. The Morgan fingerprint density at radius 2 is 1.62 bits per heavy atom. The molecule has 1 aromatic rings. The zero-order chi connectivity index (χ0) is 28.0. The second-order valence-electron chi connectivity index (χ2n) is 11.3. The molecule has 2 unspecified atom stereocenters. The highest BCUT2D eigenvalue weighted by Crippen LogP contribution is 2.27. The Balaban J connectivity index is 3.45. The molecule has 0 radical (unpaired) electrons. The lowest BCUT2D eigenvalue weighted by Crippen LogP contribution is -2.53. The lowest BCUT2D eigenvalue weighted by molar-refractivity contribution is -0.143. The van der Waals surface area contributed by atoms with E-state index in [1.54, 1.807) is 25.7 Å². The molecular formula is C30H51N3O4. The van der Waals surface area contributed by atoms with E-state index in [1.807, 2.05) is 45.0 Å². The van der Waals surface area contributed by atoms with Crippen LogP contribution in [0.2, 0.25) is 0 Å². The first-order valence-corrected chi connectivity index (χ1v) is 14.0. The summed E-state index contributed by atoms with van der Waals surface area (Å²) in [5.74, 6) is -0.289. The number of hydrogen-bond acceptors (Lipinski definition) is 4. The summed E-state index contributed by atoms with van der Waals surface area (Å²) in [6.45, 7) is 16.6. The molecule has 1 aromatic carbocycles. The average Bonchev–Trinajstić information content (AvgIpc) is 2.79. The van der Waals surface area contributed by atoms with Crippen molar-refractivity contribution < 1.29 is 19.1 Å². The van der Waals surface area contributed by atoms with E-state index in [-0.39, 0.29) is 17.7 Å². The van der Waals surface area contributed by atoms with Crippen molar-refractivity contribution in [1.29, 1.82) is 0 Å². The lowest BCUT2D eigenvalue weighted by atomic mass is 9.96. The van der Waals surface area contributed by atoms with Crippen molar-refractivity contribution in [3.63, 3.8) is 0 Å². The van der Waals surface area contributed by atoms with Gasteiger partial charge in [0.1, 0.15) is 17.7 Å². The molecule has 0 bridgehead atoms. The SMILES string of the molecule is CCCCCCN(C(=O)C(CC(C)C)NC(=O)OC(C)(C)C)C(C(=O)NCCCC)c1ccccc1C. The Bertz CT molecular complexity index is 847. The maximum Gasteiger partial charge on any atom is 0.408 e. The summed E-state index contributed by atoms with van der Waals surface area (Å²) in [4.78, 5) is 42.2. The van der Waals surface area contributed by atoms with Crippen LogP contribution in [0.5, 0.6) is 0 Å². The molecule has 2 N–H and O–H groups in total. The molecule has 7 nitrogen and oxygen atoms in total. The summed E-state index contributed by atoms with van der Waals surface area (Å²) in [6, 6.07) is 6.15. The van der Waals surface area contributed by atoms with Gasteiger partial charge < -0.3 is 20.3 Å². The Morgan fingerprint density at radius 1 is 0.973 bits per heavy atom. The van der Waals surface area contributed by atoms with Crippen molar-refractivity contribution in [1.82, 2.24) is 15.5 Å². The van der Waals surface area contributed by atoms with Crippen LogP contribution in [0, 0.1) is 12.8 Å². The molecule has 0 heterocycles. The van der Waals surface area contributed by atoms with Crippen molar-refractivity contribution in [2.45, 2.75) is 118 Å². The van der Waals surface area contributed by atoms with E-state index in [2.05, 4.69) is 24.5 Å². The van der Waals surface area contributed by atoms with Crippen molar-refractivity contribution in [2.24, 2.45) is 5.92 Å². The molecular weight excluding hydrogens is 466 g/mol. The number of unbranched alkanes of at least 4 members (excludes halogenated alkanes) is 4. The third-order valence-corrected chi connectivity index (χ3v) is 6.10. The molecule has 0 saturated heterocycles. The molecule has 0 fully saturated rings. The van der Waals surface area contributed by atoms with Crippen LogP contribution in [-0.2, 0) is 14.3 Å². The number of hydrogen-bond donors (Lipinski definition) is 2. The fourth-order valence-electron chi connectivity index (χ4n) is 4.25. The van der Waals surface area contributed by atoms with Crippen LogP contribution in [0.4, 0.5) is 4.79 Å².